The van der Waals surface area contributed by atoms with Crippen molar-refractivity contribution in [2.45, 2.75) is 40.2 Å². The van der Waals surface area contributed by atoms with Crippen LogP contribution in [0.2, 0.25) is 0 Å². The Morgan fingerprint density at radius 2 is 2.05 bits per heavy atom. The van der Waals surface area contributed by atoms with E-state index in [1.165, 1.54) is 6.07 Å². The van der Waals surface area contributed by atoms with Gasteiger partial charge in [0, 0.05) is 18.0 Å². The lowest BCUT2D eigenvalue weighted by Crippen LogP contribution is -2.24. The monoisotopic (exact) mass is 289 g/mol. The Hall–Kier alpha value is -1.81. The highest BCUT2D eigenvalue weighted by Gasteiger charge is 2.14. The Balaban J connectivity index is 2.46. The Labute approximate surface area is 125 Å². The van der Waals surface area contributed by atoms with Crippen LogP contribution in [0.25, 0.3) is 11.0 Å². The van der Waals surface area contributed by atoms with Crippen LogP contribution in [0.5, 0.6) is 5.75 Å². The molecule has 0 aliphatic carbocycles. The molecular formula is C17H23NO3. The fraction of sp³-hybridized carbons (Fsp3) is 0.471. The number of phenolic OH excluding ortho intramolecular Hbond substituents is 1. The smallest absolute Gasteiger partial charge is 0.336 e. The molecule has 0 aliphatic rings. The van der Waals surface area contributed by atoms with Crippen molar-refractivity contribution in [1.29, 1.82) is 0 Å². The van der Waals surface area contributed by atoms with Gasteiger partial charge in [-0.3, -0.25) is 4.90 Å². The number of aromatic hydroxyl groups is 1. The maximum atomic E-state index is 11.6. The second-order valence-electron chi connectivity index (χ2n) is 5.41. The highest BCUT2D eigenvalue weighted by atomic mass is 16.4. The minimum atomic E-state index is -0.372. The van der Waals surface area contributed by atoms with Gasteiger partial charge in [-0.05, 0) is 44.1 Å². The third-order valence-corrected chi connectivity index (χ3v) is 3.85. The van der Waals surface area contributed by atoms with Crippen molar-refractivity contribution in [3.63, 3.8) is 0 Å². The van der Waals surface area contributed by atoms with E-state index in [1.54, 1.807) is 12.1 Å². The molecule has 0 amide bonds. The molecule has 1 aromatic carbocycles. The molecule has 0 unspecified atom stereocenters. The largest absolute Gasteiger partial charge is 0.507 e. The number of nitrogens with zero attached hydrogens (tertiary/aromatic N) is 1. The van der Waals surface area contributed by atoms with E-state index in [0.717, 1.165) is 36.9 Å². The maximum absolute atomic E-state index is 11.6. The van der Waals surface area contributed by atoms with Gasteiger partial charge >= 0.3 is 5.63 Å². The second kappa shape index (κ2) is 6.76. The van der Waals surface area contributed by atoms with Crippen molar-refractivity contribution in [3.8, 4) is 5.75 Å². The van der Waals surface area contributed by atoms with Gasteiger partial charge in [0.1, 0.15) is 11.3 Å². The van der Waals surface area contributed by atoms with Crippen molar-refractivity contribution in [2.75, 3.05) is 13.1 Å². The highest BCUT2D eigenvalue weighted by Crippen LogP contribution is 2.29. The topological polar surface area (TPSA) is 53.7 Å². The number of hydrogen-bond donors (Lipinski definition) is 1. The molecule has 0 radical (unpaired) electrons. The van der Waals surface area contributed by atoms with E-state index in [-0.39, 0.29) is 11.4 Å². The van der Waals surface area contributed by atoms with E-state index in [2.05, 4.69) is 18.7 Å². The summed E-state index contributed by atoms with van der Waals surface area (Å²) in [6.45, 7) is 8.59. The molecule has 1 heterocycles. The third kappa shape index (κ3) is 3.45. The van der Waals surface area contributed by atoms with Crippen molar-refractivity contribution in [3.05, 3.63) is 39.7 Å². The molecule has 1 N–H and O–H groups in total. The molecule has 4 heteroatoms. The number of fused-ring (bicyclic) bond motifs is 1. The summed E-state index contributed by atoms with van der Waals surface area (Å²) in [5.41, 5.74) is 1.71. The first-order valence-electron chi connectivity index (χ1n) is 7.54. The summed E-state index contributed by atoms with van der Waals surface area (Å²) in [6.07, 6.45) is 2.24. The Bertz CT molecular complexity index is 676. The Morgan fingerprint density at radius 3 is 2.71 bits per heavy atom. The van der Waals surface area contributed by atoms with Crippen molar-refractivity contribution in [2.24, 2.45) is 0 Å². The summed E-state index contributed by atoms with van der Waals surface area (Å²) in [5, 5.41) is 11.1. The summed E-state index contributed by atoms with van der Waals surface area (Å²) in [4.78, 5) is 13.9. The standard InChI is InChI=1S/C17H23NO3/c1-4-6-9-18(5-2)11-14-15(19)8-7-13-12(3)10-16(20)21-17(13)14/h7-8,10,19H,4-6,9,11H2,1-3H3. The van der Waals surface area contributed by atoms with Gasteiger partial charge in [-0.2, -0.15) is 0 Å². The van der Waals surface area contributed by atoms with Gasteiger partial charge in [0.25, 0.3) is 0 Å². The van der Waals surface area contributed by atoms with Gasteiger partial charge in [0.05, 0.1) is 5.56 Å². The SMILES string of the molecule is CCCCN(CC)Cc1c(O)ccc2c(C)cc(=O)oc12. The zero-order chi connectivity index (χ0) is 15.4. The fourth-order valence-corrected chi connectivity index (χ4v) is 2.54. The maximum Gasteiger partial charge on any atom is 0.336 e. The summed E-state index contributed by atoms with van der Waals surface area (Å²) in [7, 11) is 0. The van der Waals surface area contributed by atoms with E-state index >= 15 is 0 Å². The minimum absolute atomic E-state index is 0.186. The molecule has 0 atom stereocenters. The third-order valence-electron chi connectivity index (χ3n) is 3.85. The average molecular weight is 289 g/mol. The zero-order valence-corrected chi connectivity index (χ0v) is 13.0. The molecular weight excluding hydrogens is 266 g/mol. The van der Waals surface area contributed by atoms with E-state index in [0.29, 0.717) is 17.7 Å². The van der Waals surface area contributed by atoms with Crippen LogP contribution in [-0.2, 0) is 6.54 Å². The first-order valence-corrected chi connectivity index (χ1v) is 7.54. The van der Waals surface area contributed by atoms with E-state index in [9.17, 15) is 9.90 Å². The second-order valence-corrected chi connectivity index (χ2v) is 5.41. The van der Waals surface area contributed by atoms with Crippen LogP contribution in [0.4, 0.5) is 0 Å². The van der Waals surface area contributed by atoms with Gasteiger partial charge in [0.15, 0.2) is 0 Å². The summed E-state index contributed by atoms with van der Waals surface area (Å²) < 4.78 is 5.36. The predicted molar refractivity (Wildman–Crippen MR) is 84.7 cm³/mol. The first-order chi connectivity index (χ1) is 10.1. The summed E-state index contributed by atoms with van der Waals surface area (Å²) in [5.74, 6) is 0.186. The lowest BCUT2D eigenvalue weighted by atomic mass is 10.1. The normalized spacial score (nSPS) is 11.4. The van der Waals surface area contributed by atoms with E-state index < -0.39 is 0 Å². The lowest BCUT2D eigenvalue weighted by Gasteiger charge is -2.21. The van der Waals surface area contributed by atoms with Crippen molar-refractivity contribution in [1.82, 2.24) is 4.90 Å². The molecule has 2 aromatic rings. The van der Waals surface area contributed by atoms with Gasteiger partial charge < -0.3 is 9.52 Å². The van der Waals surface area contributed by atoms with Crippen LogP contribution in [0.1, 0.15) is 37.8 Å². The van der Waals surface area contributed by atoms with Crippen molar-refractivity contribution >= 4 is 11.0 Å². The number of aryl methyl sites for hydroxylation is 1. The number of unbranched alkanes of at least 4 members (excludes halogenated alkanes) is 1. The number of phenols is 1. The molecule has 21 heavy (non-hydrogen) atoms. The predicted octanol–water partition coefficient (Wildman–Crippen LogP) is 3.43. The molecule has 0 saturated heterocycles. The molecule has 0 aliphatic heterocycles. The van der Waals surface area contributed by atoms with Crippen LogP contribution in [-0.4, -0.2) is 23.1 Å². The van der Waals surface area contributed by atoms with E-state index in [4.69, 9.17) is 4.42 Å². The Morgan fingerprint density at radius 1 is 1.29 bits per heavy atom. The molecule has 4 nitrogen and oxygen atoms in total. The molecule has 2 rings (SSSR count). The van der Waals surface area contributed by atoms with Crippen LogP contribution in [0.15, 0.2) is 27.4 Å². The first kappa shape index (κ1) is 15.6. The average Bonchev–Trinajstić information content (AvgIpc) is 2.45. The molecule has 0 spiro atoms. The zero-order valence-electron chi connectivity index (χ0n) is 13.0. The van der Waals surface area contributed by atoms with Gasteiger partial charge in [-0.25, -0.2) is 4.79 Å². The molecule has 0 fully saturated rings. The van der Waals surface area contributed by atoms with Crippen LogP contribution < -0.4 is 5.63 Å². The molecule has 114 valence electrons. The highest BCUT2D eigenvalue weighted by molar-refractivity contribution is 5.84. The van der Waals surface area contributed by atoms with Crippen LogP contribution >= 0.6 is 0 Å². The van der Waals surface area contributed by atoms with E-state index in [1.807, 2.05) is 6.92 Å². The summed E-state index contributed by atoms with van der Waals surface area (Å²) >= 11 is 0. The number of hydrogen-bond acceptors (Lipinski definition) is 4. The number of benzene rings is 1. The lowest BCUT2D eigenvalue weighted by molar-refractivity contribution is 0.271. The Kier molecular flexibility index (Phi) is 5.02. The summed E-state index contributed by atoms with van der Waals surface area (Å²) in [6, 6.07) is 4.96. The molecule has 0 bridgehead atoms. The fourth-order valence-electron chi connectivity index (χ4n) is 2.54. The quantitative estimate of drug-likeness (QED) is 0.828. The van der Waals surface area contributed by atoms with Gasteiger partial charge in [-0.15, -0.1) is 0 Å². The number of rotatable bonds is 6. The van der Waals surface area contributed by atoms with Crippen molar-refractivity contribution < 1.29 is 9.52 Å². The molecule has 0 saturated carbocycles. The van der Waals surface area contributed by atoms with Crippen LogP contribution in [0, 0.1) is 6.92 Å². The van der Waals surface area contributed by atoms with Gasteiger partial charge in [0.2, 0.25) is 0 Å². The van der Waals surface area contributed by atoms with Gasteiger partial charge in [-0.1, -0.05) is 20.3 Å². The minimum Gasteiger partial charge on any atom is -0.507 e. The molecule has 1 aromatic heterocycles. The van der Waals surface area contributed by atoms with Crippen LogP contribution in [0.3, 0.4) is 0 Å².